The first-order valence-electron chi connectivity index (χ1n) is 11.6. The molecule has 2 aliphatic heterocycles. The fourth-order valence-corrected chi connectivity index (χ4v) is 4.29. The fraction of sp³-hybridized carbons (Fsp3) is 0.667. The summed E-state index contributed by atoms with van der Waals surface area (Å²) in [6.07, 6.45) is 3.83. The number of carbonyl (C=O) groups is 2. The molecule has 0 saturated carbocycles. The molecule has 2 aliphatic rings. The highest BCUT2D eigenvalue weighted by Crippen LogP contribution is 2.22. The number of rotatable bonds is 6. The quantitative estimate of drug-likeness (QED) is 0.727. The summed E-state index contributed by atoms with van der Waals surface area (Å²) in [6, 6.07) is 8.01. The first-order chi connectivity index (χ1) is 14.7. The third kappa shape index (κ3) is 7.21. The molecule has 1 aromatic rings. The number of hydrogen-bond acceptors (Lipinski definition) is 5. The van der Waals surface area contributed by atoms with Crippen LogP contribution in [0.3, 0.4) is 0 Å². The second-order valence-electron chi connectivity index (χ2n) is 9.87. The van der Waals surface area contributed by atoms with E-state index in [0.29, 0.717) is 6.54 Å². The molecule has 0 radical (unpaired) electrons. The van der Waals surface area contributed by atoms with Gasteiger partial charge in [-0.15, -0.1) is 0 Å². The lowest BCUT2D eigenvalue weighted by molar-refractivity contribution is -0.125. The van der Waals surface area contributed by atoms with Crippen LogP contribution in [-0.4, -0.2) is 79.0 Å². The summed E-state index contributed by atoms with van der Waals surface area (Å²) in [5.74, 6) is 0.0735. The largest absolute Gasteiger partial charge is 0.372 e. The van der Waals surface area contributed by atoms with Gasteiger partial charge in [0.1, 0.15) is 0 Å². The van der Waals surface area contributed by atoms with E-state index in [2.05, 4.69) is 37.5 Å². The predicted octanol–water partition coefficient (Wildman–Crippen LogP) is 2.54. The SMILES string of the molecule is C[C@H](C(=O)Nc1ccc(N2CCCCC2)cc1)N1CCN(CC(=O)NC(C)(C)C)CC1. The van der Waals surface area contributed by atoms with Crippen LogP contribution in [0, 0.1) is 0 Å². The van der Waals surface area contributed by atoms with Gasteiger partial charge in [-0.2, -0.15) is 0 Å². The highest BCUT2D eigenvalue weighted by molar-refractivity contribution is 5.94. The second-order valence-corrected chi connectivity index (χ2v) is 9.87. The maximum absolute atomic E-state index is 12.8. The minimum Gasteiger partial charge on any atom is -0.372 e. The highest BCUT2D eigenvalue weighted by atomic mass is 16.2. The summed E-state index contributed by atoms with van der Waals surface area (Å²) in [5.41, 5.74) is 1.87. The summed E-state index contributed by atoms with van der Waals surface area (Å²) >= 11 is 0. The average molecular weight is 430 g/mol. The Kier molecular flexibility index (Phi) is 7.94. The first-order valence-corrected chi connectivity index (χ1v) is 11.6. The van der Waals surface area contributed by atoms with Crippen LogP contribution in [0.5, 0.6) is 0 Å². The second kappa shape index (κ2) is 10.5. The van der Waals surface area contributed by atoms with Crippen LogP contribution in [0.4, 0.5) is 11.4 Å². The minimum absolute atomic E-state index is 0.0182. The molecule has 7 heteroatoms. The van der Waals surface area contributed by atoms with E-state index in [0.717, 1.165) is 45.0 Å². The lowest BCUT2D eigenvalue weighted by Gasteiger charge is -2.37. The van der Waals surface area contributed by atoms with E-state index in [9.17, 15) is 9.59 Å². The summed E-state index contributed by atoms with van der Waals surface area (Å²) in [6.45, 7) is 13.7. The molecule has 2 saturated heterocycles. The van der Waals surface area contributed by atoms with Gasteiger partial charge in [0.05, 0.1) is 12.6 Å². The molecule has 2 fully saturated rings. The molecule has 2 amide bonds. The van der Waals surface area contributed by atoms with Crippen LogP contribution in [0.1, 0.15) is 47.0 Å². The average Bonchev–Trinajstić information content (AvgIpc) is 2.73. The van der Waals surface area contributed by atoms with Crippen LogP contribution >= 0.6 is 0 Å². The Morgan fingerprint density at radius 3 is 2.13 bits per heavy atom. The van der Waals surface area contributed by atoms with Gasteiger partial charge in [-0.1, -0.05) is 0 Å². The van der Waals surface area contributed by atoms with Crippen molar-refractivity contribution in [1.82, 2.24) is 15.1 Å². The highest BCUT2D eigenvalue weighted by Gasteiger charge is 2.27. The molecule has 7 nitrogen and oxygen atoms in total. The van der Waals surface area contributed by atoms with E-state index in [1.165, 1.54) is 24.9 Å². The van der Waals surface area contributed by atoms with E-state index < -0.39 is 0 Å². The Bertz CT molecular complexity index is 729. The maximum atomic E-state index is 12.8. The van der Waals surface area contributed by atoms with E-state index in [1.807, 2.05) is 39.8 Å². The topological polar surface area (TPSA) is 67.9 Å². The molecule has 0 unspecified atom stereocenters. The van der Waals surface area contributed by atoms with E-state index in [-0.39, 0.29) is 23.4 Å². The van der Waals surface area contributed by atoms with Gasteiger partial charge in [0.2, 0.25) is 11.8 Å². The number of amides is 2. The molecule has 0 aromatic heterocycles. The number of piperazine rings is 1. The first kappa shape index (κ1) is 23.5. The van der Waals surface area contributed by atoms with Gasteiger partial charge in [-0.05, 0) is 71.2 Å². The van der Waals surface area contributed by atoms with Crippen LogP contribution in [-0.2, 0) is 9.59 Å². The number of hydrogen-bond donors (Lipinski definition) is 2. The van der Waals surface area contributed by atoms with Gasteiger partial charge < -0.3 is 15.5 Å². The Labute approximate surface area is 187 Å². The molecule has 0 spiro atoms. The number of benzene rings is 1. The number of nitrogens with zero attached hydrogens (tertiary/aromatic N) is 3. The summed E-state index contributed by atoms with van der Waals surface area (Å²) in [5, 5.41) is 6.07. The summed E-state index contributed by atoms with van der Waals surface area (Å²) in [4.78, 5) is 31.7. The fourth-order valence-electron chi connectivity index (χ4n) is 4.29. The zero-order valence-electron chi connectivity index (χ0n) is 19.6. The molecular weight excluding hydrogens is 390 g/mol. The van der Waals surface area contributed by atoms with Crippen molar-refractivity contribution in [2.75, 3.05) is 56.0 Å². The molecule has 31 heavy (non-hydrogen) atoms. The van der Waals surface area contributed by atoms with Crippen molar-refractivity contribution in [3.8, 4) is 0 Å². The lowest BCUT2D eigenvalue weighted by atomic mass is 10.1. The van der Waals surface area contributed by atoms with Crippen molar-refractivity contribution >= 4 is 23.2 Å². The molecule has 2 N–H and O–H groups in total. The van der Waals surface area contributed by atoms with Crippen molar-refractivity contribution in [3.63, 3.8) is 0 Å². The number of piperidine rings is 1. The Balaban J connectivity index is 1.43. The van der Waals surface area contributed by atoms with Gasteiger partial charge in [0.25, 0.3) is 0 Å². The van der Waals surface area contributed by atoms with Gasteiger partial charge in [0, 0.05) is 56.2 Å². The van der Waals surface area contributed by atoms with Crippen molar-refractivity contribution in [2.24, 2.45) is 0 Å². The number of carbonyl (C=O) groups excluding carboxylic acids is 2. The Hall–Kier alpha value is -2.12. The van der Waals surface area contributed by atoms with Gasteiger partial charge >= 0.3 is 0 Å². The minimum atomic E-state index is -0.211. The van der Waals surface area contributed by atoms with Crippen LogP contribution in [0.25, 0.3) is 0 Å². The van der Waals surface area contributed by atoms with Crippen LogP contribution < -0.4 is 15.5 Å². The number of anilines is 2. The van der Waals surface area contributed by atoms with Crippen LogP contribution in [0.15, 0.2) is 24.3 Å². The zero-order valence-corrected chi connectivity index (χ0v) is 19.6. The number of nitrogens with one attached hydrogen (secondary N) is 2. The Morgan fingerprint density at radius 2 is 1.55 bits per heavy atom. The molecule has 0 bridgehead atoms. The van der Waals surface area contributed by atoms with Crippen molar-refractivity contribution in [1.29, 1.82) is 0 Å². The third-order valence-electron chi connectivity index (χ3n) is 6.07. The normalized spacial score (nSPS) is 19.7. The van der Waals surface area contributed by atoms with Crippen molar-refractivity contribution in [3.05, 3.63) is 24.3 Å². The zero-order chi connectivity index (χ0) is 22.4. The molecule has 0 aliphatic carbocycles. The molecule has 3 rings (SSSR count). The van der Waals surface area contributed by atoms with E-state index >= 15 is 0 Å². The van der Waals surface area contributed by atoms with E-state index in [4.69, 9.17) is 0 Å². The maximum Gasteiger partial charge on any atom is 0.241 e. The molecule has 2 heterocycles. The molecule has 1 atom stereocenters. The van der Waals surface area contributed by atoms with E-state index in [1.54, 1.807) is 0 Å². The van der Waals surface area contributed by atoms with Crippen molar-refractivity contribution in [2.45, 2.75) is 58.5 Å². The van der Waals surface area contributed by atoms with Gasteiger partial charge in [0.15, 0.2) is 0 Å². The monoisotopic (exact) mass is 429 g/mol. The lowest BCUT2D eigenvalue weighted by Crippen LogP contribution is -2.55. The van der Waals surface area contributed by atoms with Crippen molar-refractivity contribution < 1.29 is 9.59 Å². The van der Waals surface area contributed by atoms with Gasteiger partial charge in [-0.3, -0.25) is 19.4 Å². The summed E-state index contributed by atoms with van der Waals surface area (Å²) < 4.78 is 0. The van der Waals surface area contributed by atoms with Crippen LogP contribution in [0.2, 0.25) is 0 Å². The Morgan fingerprint density at radius 1 is 0.935 bits per heavy atom. The standard InChI is InChI=1S/C24H39N5O2/c1-19(28-16-14-27(15-17-28)18-22(30)26-24(2,3)4)23(31)25-20-8-10-21(11-9-20)29-12-6-5-7-13-29/h8-11,19H,5-7,12-18H2,1-4H3,(H,25,31)(H,26,30)/t19-/m1/s1. The van der Waals surface area contributed by atoms with Gasteiger partial charge in [-0.25, -0.2) is 0 Å². The smallest absolute Gasteiger partial charge is 0.241 e. The third-order valence-corrected chi connectivity index (χ3v) is 6.07. The predicted molar refractivity (Wildman–Crippen MR) is 127 cm³/mol. The molecule has 1 aromatic carbocycles. The molecular formula is C24H39N5O2. The molecule has 172 valence electrons. The summed E-state index contributed by atoms with van der Waals surface area (Å²) in [7, 11) is 0.